The average molecular weight is 428 g/mol. The molecule has 4 fully saturated rings. The van der Waals surface area contributed by atoms with E-state index < -0.39 is 0 Å². The lowest BCUT2D eigenvalue weighted by Crippen LogP contribution is -2.68. The number of nitrogens with zero attached hydrogens (tertiary/aromatic N) is 3. The molecular formula is C20H31Cl2N5O. The molecule has 0 bridgehead atoms. The molecule has 2 saturated heterocycles. The predicted octanol–water partition coefficient (Wildman–Crippen LogP) is 1.93. The summed E-state index contributed by atoms with van der Waals surface area (Å²) in [6.07, 6.45) is 7.78. The lowest BCUT2D eigenvalue weighted by Gasteiger charge is -2.53. The highest BCUT2D eigenvalue weighted by molar-refractivity contribution is 6.21. The monoisotopic (exact) mass is 427 g/mol. The number of hydrogen-bond acceptors (Lipinski definition) is 5. The first-order valence-electron chi connectivity index (χ1n) is 10.7. The molecule has 0 aromatic heterocycles. The zero-order valence-corrected chi connectivity index (χ0v) is 17.8. The van der Waals surface area contributed by atoms with Gasteiger partial charge in [0.25, 0.3) is 0 Å². The number of nitriles is 1. The number of nitrogens with one attached hydrogen (secondary N) is 2. The minimum atomic E-state index is -0.361. The van der Waals surface area contributed by atoms with Crippen molar-refractivity contribution in [1.82, 2.24) is 20.4 Å². The number of carbonyl (C=O) groups is 1. The molecule has 0 spiro atoms. The van der Waals surface area contributed by atoms with E-state index in [9.17, 15) is 10.1 Å². The summed E-state index contributed by atoms with van der Waals surface area (Å²) in [7, 11) is 0. The molecule has 4 aliphatic rings. The highest BCUT2D eigenvalue weighted by Gasteiger charge is 2.47. The molecule has 0 radical (unpaired) electrons. The van der Waals surface area contributed by atoms with Crippen molar-refractivity contribution >= 4 is 29.6 Å². The fourth-order valence-corrected chi connectivity index (χ4v) is 6.71. The third kappa shape index (κ3) is 4.15. The van der Waals surface area contributed by atoms with Crippen molar-refractivity contribution in [3.05, 3.63) is 0 Å². The first kappa shape index (κ1) is 20.7. The van der Waals surface area contributed by atoms with Gasteiger partial charge in [-0.15, -0.1) is 23.2 Å². The Balaban J connectivity index is 1.46. The van der Waals surface area contributed by atoms with Crippen LogP contribution < -0.4 is 10.6 Å². The molecule has 4 rings (SSSR count). The molecule has 2 aliphatic heterocycles. The lowest BCUT2D eigenvalue weighted by atomic mass is 9.67. The van der Waals surface area contributed by atoms with Gasteiger partial charge in [-0.1, -0.05) is 0 Å². The van der Waals surface area contributed by atoms with E-state index in [1.54, 1.807) is 4.90 Å². The van der Waals surface area contributed by atoms with Gasteiger partial charge in [-0.25, -0.2) is 0 Å². The Kier molecular flexibility index (Phi) is 6.69. The minimum Gasteiger partial charge on any atom is -0.327 e. The standard InChI is InChI=1S/C20H31Cl2N5O/c21-14-3-1-13(2-4-14)16-7-17-19(8-18(16)22)24-11-25-20(17)26-5-6-27(12-28)15(9-23)10-26/h12-20,24-25H,1-8,10-11H2. The van der Waals surface area contributed by atoms with Gasteiger partial charge in [-0.05, 0) is 50.4 Å². The summed E-state index contributed by atoms with van der Waals surface area (Å²) in [6.45, 7) is 2.81. The number of hydrogen-bond donors (Lipinski definition) is 2. The quantitative estimate of drug-likeness (QED) is 0.531. The van der Waals surface area contributed by atoms with E-state index in [1.807, 2.05) is 0 Å². The summed E-state index contributed by atoms with van der Waals surface area (Å²) in [6, 6.07) is 2.35. The summed E-state index contributed by atoms with van der Waals surface area (Å²) in [4.78, 5) is 15.2. The zero-order valence-electron chi connectivity index (χ0n) is 16.3. The molecule has 156 valence electrons. The van der Waals surface area contributed by atoms with Gasteiger partial charge in [-0.3, -0.25) is 15.0 Å². The lowest BCUT2D eigenvalue weighted by molar-refractivity contribution is -0.122. The summed E-state index contributed by atoms with van der Waals surface area (Å²) in [5.41, 5.74) is 0. The zero-order chi connectivity index (χ0) is 19.7. The second kappa shape index (κ2) is 9.06. The number of alkyl halides is 2. The van der Waals surface area contributed by atoms with Crippen LogP contribution in [0.2, 0.25) is 0 Å². The summed E-state index contributed by atoms with van der Waals surface area (Å²) < 4.78 is 0. The molecule has 2 saturated carbocycles. The van der Waals surface area contributed by atoms with Crippen molar-refractivity contribution in [2.75, 3.05) is 26.3 Å². The molecule has 6 nitrogen and oxygen atoms in total. The maximum Gasteiger partial charge on any atom is 0.210 e. The Bertz CT molecular complexity index is 594. The van der Waals surface area contributed by atoms with Gasteiger partial charge in [0.15, 0.2) is 0 Å². The van der Waals surface area contributed by atoms with Crippen molar-refractivity contribution < 1.29 is 4.79 Å². The van der Waals surface area contributed by atoms with Crippen LogP contribution in [0.5, 0.6) is 0 Å². The fourth-order valence-electron chi connectivity index (χ4n) is 5.95. The van der Waals surface area contributed by atoms with Gasteiger partial charge in [0.2, 0.25) is 6.41 Å². The van der Waals surface area contributed by atoms with Crippen LogP contribution in [0.3, 0.4) is 0 Å². The topological polar surface area (TPSA) is 71.4 Å². The van der Waals surface area contributed by atoms with E-state index in [0.717, 1.165) is 45.3 Å². The van der Waals surface area contributed by atoms with Gasteiger partial charge in [0, 0.05) is 49.0 Å². The number of amides is 1. The second-order valence-electron chi connectivity index (χ2n) is 8.95. The second-order valence-corrected chi connectivity index (χ2v) is 10.1. The van der Waals surface area contributed by atoms with Crippen molar-refractivity contribution in [3.8, 4) is 6.07 Å². The Morgan fingerprint density at radius 2 is 1.82 bits per heavy atom. The minimum absolute atomic E-state index is 0.225. The Labute approximate surface area is 177 Å². The number of fused-ring (bicyclic) bond motifs is 1. The van der Waals surface area contributed by atoms with Crippen molar-refractivity contribution in [2.45, 2.75) is 67.5 Å². The van der Waals surface area contributed by atoms with E-state index >= 15 is 0 Å². The van der Waals surface area contributed by atoms with E-state index in [2.05, 4.69) is 21.6 Å². The Hall–Kier alpha value is -0.580. The molecule has 0 aromatic rings. The maximum absolute atomic E-state index is 11.2. The summed E-state index contributed by atoms with van der Waals surface area (Å²) >= 11 is 13.2. The van der Waals surface area contributed by atoms with E-state index in [0.29, 0.717) is 42.3 Å². The Morgan fingerprint density at radius 3 is 2.54 bits per heavy atom. The summed E-state index contributed by atoms with van der Waals surface area (Å²) in [5, 5.41) is 17.3. The molecule has 6 atom stereocenters. The van der Waals surface area contributed by atoms with Gasteiger partial charge < -0.3 is 10.2 Å². The van der Waals surface area contributed by atoms with Crippen LogP contribution in [0.25, 0.3) is 0 Å². The van der Waals surface area contributed by atoms with Crippen LogP contribution in [0.15, 0.2) is 0 Å². The highest BCUT2D eigenvalue weighted by Crippen LogP contribution is 2.45. The van der Waals surface area contributed by atoms with Gasteiger partial charge >= 0.3 is 0 Å². The first-order chi connectivity index (χ1) is 13.6. The third-order valence-electron chi connectivity index (χ3n) is 7.52. The van der Waals surface area contributed by atoms with Crippen LogP contribution in [0.1, 0.15) is 38.5 Å². The Morgan fingerprint density at radius 1 is 1.04 bits per heavy atom. The molecule has 1 amide bonds. The van der Waals surface area contributed by atoms with Crippen LogP contribution >= 0.6 is 23.2 Å². The van der Waals surface area contributed by atoms with Crippen LogP contribution in [0.4, 0.5) is 0 Å². The number of piperazine rings is 1. The van der Waals surface area contributed by atoms with E-state index in [1.165, 1.54) is 12.8 Å². The van der Waals surface area contributed by atoms with E-state index in [4.69, 9.17) is 23.2 Å². The van der Waals surface area contributed by atoms with E-state index in [-0.39, 0.29) is 17.6 Å². The molecule has 6 unspecified atom stereocenters. The molecule has 2 heterocycles. The van der Waals surface area contributed by atoms with Crippen molar-refractivity contribution in [3.63, 3.8) is 0 Å². The molecule has 8 heteroatoms. The maximum atomic E-state index is 11.2. The largest absolute Gasteiger partial charge is 0.327 e. The molecular weight excluding hydrogens is 397 g/mol. The summed E-state index contributed by atoms with van der Waals surface area (Å²) in [5.74, 6) is 1.70. The predicted molar refractivity (Wildman–Crippen MR) is 110 cm³/mol. The number of rotatable bonds is 3. The first-order valence-corrected chi connectivity index (χ1v) is 11.6. The normalized spacial score (nSPS) is 45.1. The van der Waals surface area contributed by atoms with Gasteiger partial charge in [-0.2, -0.15) is 5.26 Å². The van der Waals surface area contributed by atoms with Gasteiger partial charge in [0.1, 0.15) is 6.04 Å². The van der Waals surface area contributed by atoms with Crippen molar-refractivity contribution in [1.29, 1.82) is 5.26 Å². The molecule has 28 heavy (non-hydrogen) atoms. The van der Waals surface area contributed by atoms with Crippen LogP contribution in [-0.4, -0.2) is 71.5 Å². The average Bonchev–Trinajstić information content (AvgIpc) is 2.73. The molecule has 0 aromatic carbocycles. The van der Waals surface area contributed by atoms with Crippen LogP contribution in [0, 0.1) is 29.1 Å². The highest BCUT2D eigenvalue weighted by atomic mass is 35.5. The fraction of sp³-hybridized carbons (Fsp3) is 0.900. The van der Waals surface area contributed by atoms with Gasteiger partial charge in [0.05, 0.1) is 12.2 Å². The molecule has 2 aliphatic carbocycles. The number of halogens is 2. The number of carbonyl (C=O) groups excluding carboxylic acids is 1. The molecule has 2 N–H and O–H groups in total. The smallest absolute Gasteiger partial charge is 0.210 e. The van der Waals surface area contributed by atoms with Crippen molar-refractivity contribution in [2.24, 2.45) is 17.8 Å². The SMILES string of the molecule is N#CC1CN(C2NCNC3CC(Cl)C(C4CCC(Cl)CC4)CC32)CCN1C=O. The third-order valence-corrected chi connectivity index (χ3v) is 8.46. The van der Waals surface area contributed by atoms with Crippen LogP contribution in [-0.2, 0) is 4.79 Å².